The number of carbonyl (C=O) groups excluding carboxylic acids is 1. The maximum absolute atomic E-state index is 11.4. The zero-order valence-corrected chi connectivity index (χ0v) is 9.27. The number of ether oxygens (including phenoxy) is 1. The van der Waals surface area contributed by atoms with Crippen molar-refractivity contribution in [2.45, 2.75) is 0 Å². The van der Waals surface area contributed by atoms with E-state index in [0.29, 0.717) is 17.1 Å². The van der Waals surface area contributed by atoms with Crippen LogP contribution in [-0.4, -0.2) is 37.2 Å². The summed E-state index contributed by atoms with van der Waals surface area (Å²) in [5.74, 6) is -0.588. The van der Waals surface area contributed by atoms with Gasteiger partial charge in [0.25, 0.3) is 0 Å². The number of fused-ring (bicyclic) bond motifs is 1. The highest BCUT2D eigenvalue weighted by Crippen LogP contribution is 2.32. The molecule has 0 radical (unpaired) electrons. The number of carboxylic acids is 1. The molecule has 0 unspecified atom stereocenters. The van der Waals surface area contributed by atoms with Crippen LogP contribution in [-0.2, 0) is 9.59 Å². The van der Waals surface area contributed by atoms with Crippen LogP contribution in [0.15, 0.2) is 18.2 Å². The number of aliphatic carboxylic acids is 1. The second kappa shape index (κ2) is 4.32. The van der Waals surface area contributed by atoms with Crippen LogP contribution in [0.3, 0.4) is 0 Å². The molecule has 17 heavy (non-hydrogen) atoms. The molecule has 1 aromatic rings. The van der Waals surface area contributed by atoms with E-state index in [0.717, 1.165) is 0 Å². The zero-order valence-electron chi connectivity index (χ0n) is 9.27. The van der Waals surface area contributed by atoms with Gasteiger partial charge in [0, 0.05) is 6.07 Å². The molecule has 90 valence electrons. The van der Waals surface area contributed by atoms with Gasteiger partial charge in [-0.25, -0.2) is 0 Å². The summed E-state index contributed by atoms with van der Waals surface area (Å²) in [6.45, 7) is -0.154. The molecule has 1 aromatic carbocycles. The van der Waals surface area contributed by atoms with Crippen molar-refractivity contribution >= 4 is 23.3 Å². The topological polar surface area (TPSA) is 78.9 Å². The maximum Gasteiger partial charge on any atom is 0.323 e. The summed E-state index contributed by atoms with van der Waals surface area (Å²) in [4.78, 5) is 23.6. The fourth-order valence-corrected chi connectivity index (χ4v) is 1.77. The van der Waals surface area contributed by atoms with Crippen molar-refractivity contribution in [3.8, 4) is 5.75 Å². The Kier molecular flexibility index (Phi) is 2.86. The number of methoxy groups -OCH3 is 1. The number of hydrogen-bond donors (Lipinski definition) is 2. The quantitative estimate of drug-likeness (QED) is 0.800. The van der Waals surface area contributed by atoms with Crippen LogP contribution in [0, 0.1) is 0 Å². The molecule has 6 nitrogen and oxygen atoms in total. The minimum atomic E-state index is -0.971. The van der Waals surface area contributed by atoms with Crippen LogP contribution in [0.2, 0.25) is 0 Å². The highest BCUT2D eigenvalue weighted by Gasteiger charge is 2.23. The number of benzene rings is 1. The van der Waals surface area contributed by atoms with Crippen molar-refractivity contribution in [1.82, 2.24) is 0 Å². The predicted molar refractivity (Wildman–Crippen MR) is 61.5 cm³/mol. The third-order valence-corrected chi connectivity index (χ3v) is 2.48. The van der Waals surface area contributed by atoms with Crippen molar-refractivity contribution in [2.75, 3.05) is 30.4 Å². The molecular formula is C11H12N2O4. The molecular weight excluding hydrogens is 224 g/mol. The van der Waals surface area contributed by atoms with Crippen molar-refractivity contribution in [3.05, 3.63) is 18.2 Å². The molecule has 0 aliphatic carbocycles. The molecule has 2 rings (SSSR count). The number of hydrogen-bond acceptors (Lipinski definition) is 4. The maximum atomic E-state index is 11.4. The molecule has 0 aromatic heterocycles. The van der Waals surface area contributed by atoms with Gasteiger partial charge in [0.05, 0.1) is 25.0 Å². The number of amides is 1. The third kappa shape index (κ3) is 2.30. The van der Waals surface area contributed by atoms with Gasteiger partial charge in [-0.15, -0.1) is 0 Å². The van der Waals surface area contributed by atoms with Gasteiger partial charge in [-0.05, 0) is 12.1 Å². The Bertz CT molecular complexity index is 473. The van der Waals surface area contributed by atoms with Gasteiger partial charge in [0.1, 0.15) is 12.3 Å². The van der Waals surface area contributed by atoms with Crippen LogP contribution < -0.4 is 15.0 Å². The molecule has 0 bridgehead atoms. The van der Waals surface area contributed by atoms with E-state index in [4.69, 9.17) is 9.84 Å². The number of rotatable bonds is 3. The first-order valence-corrected chi connectivity index (χ1v) is 5.05. The van der Waals surface area contributed by atoms with Crippen LogP contribution in [0.5, 0.6) is 5.75 Å². The summed E-state index contributed by atoms with van der Waals surface area (Å²) < 4.78 is 5.05. The lowest BCUT2D eigenvalue weighted by molar-refractivity contribution is -0.135. The molecule has 6 heteroatoms. The lowest BCUT2D eigenvalue weighted by atomic mass is 10.2. The molecule has 1 amide bonds. The second-order valence-corrected chi connectivity index (χ2v) is 3.68. The minimum absolute atomic E-state index is 0.0473. The number of nitrogens with one attached hydrogen (secondary N) is 1. The Morgan fingerprint density at radius 2 is 2.35 bits per heavy atom. The Morgan fingerprint density at radius 1 is 1.59 bits per heavy atom. The van der Waals surface area contributed by atoms with E-state index in [-0.39, 0.29) is 19.0 Å². The summed E-state index contributed by atoms with van der Waals surface area (Å²) in [6, 6.07) is 5.13. The number of carbonyl (C=O) groups is 2. The summed E-state index contributed by atoms with van der Waals surface area (Å²) in [5.41, 5.74) is 1.26. The monoisotopic (exact) mass is 236 g/mol. The van der Waals surface area contributed by atoms with Gasteiger partial charge >= 0.3 is 5.97 Å². The molecule has 0 saturated heterocycles. The lowest BCUT2D eigenvalue weighted by Crippen LogP contribution is -2.41. The summed E-state index contributed by atoms with van der Waals surface area (Å²) in [6.07, 6.45) is 0. The average molecular weight is 236 g/mol. The Labute approximate surface area is 97.8 Å². The molecule has 0 saturated carbocycles. The first-order valence-electron chi connectivity index (χ1n) is 5.05. The van der Waals surface area contributed by atoms with Gasteiger partial charge in [-0.2, -0.15) is 0 Å². The first kappa shape index (κ1) is 11.3. The molecule has 0 spiro atoms. The van der Waals surface area contributed by atoms with Crippen LogP contribution >= 0.6 is 0 Å². The minimum Gasteiger partial charge on any atom is -0.497 e. The van der Waals surface area contributed by atoms with Gasteiger partial charge in [-0.1, -0.05) is 0 Å². The molecule has 1 aliphatic heterocycles. The molecule has 0 fully saturated rings. The van der Waals surface area contributed by atoms with Crippen molar-refractivity contribution in [3.63, 3.8) is 0 Å². The molecule has 1 aliphatic rings. The zero-order chi connectivity index (χ0) is 12.4. The normalized spacial score (nSPS) is 13.9. The third-order valence-electron chi connectivity index (χ3n) is 2.48. The van der Waals surface area contributed by atoms with Gasteiger partial charge in [0.15, 0.2) is 0 Å². The van der Waals surface area contributed by atoms with Gasteiger partial charge in [0.2, 0.25) is 5.91 Å². The highest BCUT2D eigenvalue weighted by atomic mass is 16.5. The van der Waals surface area contributed by atoms with E-state index in [9.17, 15) is 9.59 Å². The van der Waals surface area contributed by atoms with E-state index in [2.05, 4.69) is 5.32 Å². The Balaban J connectivity index is 2.36. The smallest absolute Gasteiger partial charge is 0.323 e. The summed E-state index contributed by atoms with van der Waals surface area (Å²) in [5, 5.41) is 11.5. The van der Waals surface area contributed by atoms with Crippen molar-refractivity contribution < 1.29 is 19.4 Å². The molecule has 0 atom stereocenters. The average Bonchev–Trinajstić information content (AvgIpc) is 2.27. The van der Waals surface area contributed by atoms with Gasteiger partial charge in [-0.3, -0.25) is 9.59 Å². The molecule has 2 N–H and O–H groups in total. The Hall–Kier alpha value is -2.24. The van der Waals surface area contributed by atoms with E-state index in [1.165, 1.54) is 12.0 Å². The fourth-order valence-electron chi connectivity index (χ4n) is 1.77. The number of carboxylic acid groups (broad SMARTS) is 1. The first-order chi connectivity index (χ1) is 8.10. The number of anilines is 2. The van der Waals surface area contributed by atoms with E-state index in [1.54, 1.807) is 18.2 Å². The molecule has 1 heterocycles. The van der Waals surface area contributed by atoms with Crippen molar-refractivity contribution in [1.29, 1.82) is 0 Å². The van der Waals surface area contributed by atoms with Crippen LogP contribution in [0.25, 0.3) is 0 Å². The van der Waals surface area contributed by atoms with Crippen LogP contribution in [0.4, 0.5) is 11.4 Å². The predicted octanol–water partition coefficient (Wildman–Crippen LogP) is 0.538. The van der Waals surface area contributed by atoms with Crippen LogP contribution in [0.1, 0.15) is 0 Å². The lowest BCUT2D eigenvalue weighted by Gasteiger charge is -2.29. The largest absolute Gasteiger partial charge is 0.497 e. The van der Waals surface area contributed by atoms with Crippen molar-refractivity contribution in [2.24, 2.45) is 0 Å². The fraction of sp³-hybridized carbons (Fsp3) is 0.273. The Morgan fingerprint density at radius 3 is 3.00 bits per heavy atom. The van der Waals surface area contributed by atoms with E-state index in [1.807, 2.05) is 0 Å². The van der Waals surface area contributed by atoms with E-state index < -0.39 is 5.97 Å². The van der Waals surface area contributed by atoms with Gasteiger partial charge < -0.3 is 20.1 Å². The highest BCUT2D eigenvalue weighted by molar-refractivity contribution is 6.02. The van der Waals surface area contributed by atoms with E-state index >= 15 is 0 Å². The standard InChI is InChI=1S/C11H12N2O4/c1-17-7-2-3-9-8(4-7)12-10(14)5-13(9)6-11(15)16/h2-4H,5-6H2,1H3,(H,12,14)(H,15,16). The summed E-state index contributed by atoms with van der Waals surface area (Å²) in [7, 11) is 1.53. The SMILES string of the molecule is COc1ccc2c(c1)NC(=O)CN2CC(=O)O. The second-order valence-electron chi connectivity index (χ2n) is 3.68. The summed E-state index contributed by atoms with van der Waals surface area (Å²) >= 11 is 0. The number of nitrogens with zero attached hydrogens (tertiary/aromatic N) is 1.